The lowest BCUT2D eigenvalue weighted by atomic mass is 10.3. The SMILES string of the molecule is NC(=NCC(O)CN1CCOCC1)N1CCSCC1. The first-order chi connectivity index (χ1) is 9.25. The van der Waals surface area contributed by atoms with E-state index in [-0.39, 0.29) is 0 Å². The predicted octanol–water partition coefficient (Wildman–Crippen LogP) is -0.957. The van der Waals surface area contributed by atoms with Crippen molar-refractivity contribution >= 4 is 17.7 Å². The third kappa shape index (κ3) is 5.18. The van der Waals surface area contributed by atoms with E-state index >= 15 is 0 Å². The smallest absolute Gasteiger partial charge is 0.191 e. The largest absolute Gasteiger partial charge is 0.390 e. The monoisotopic (exact) mass is 288 g/mol. The molecule has 0 aromatic heterocycles. The zero-order valence-electron chi connectivity index (χ0n) is 11.3. The Hall–Kier alpha value is -0.500. The summed E-state index contributed by atoms with van der Waals surface area (Å²) < 4.78 is 5.28. The molecule has 2 aliphatic heterocycles. The highest BCUT2D eigenvalue weighted by molar-refractivity contribution is 7.99. The third-order valence-corrected chi connectivity index (χ3v) is 4.31. The van der Waals surface area contributed by atoms with Crippen LogP contribution >= 0.6 is 11.8 Å². The van der Waals surface area contributed by atoms with Crippen LogP contribution in [0, 0.1) is 0 Å². The molecule has 0 radical (unpaired) electrons. The predicted molar refractivity (Wildman–Crippen MR) is 78.7 cm³/mol. The maximum atomic E-state index is 9.98. The lowest BCUT2D eigenvalue weighted by molar-refractivity contribution is 0.0164. The molecule has 19 heavy (non-hydrogen) atoms. The van der Waals surface area contributed by atoms with E-state index in [4.69, 9.17) is 10.5 Å². The van der Waals surface area contributed by atoms with E-state index in [1.165, 1.54) is 0 Å². The Bertz CT molecular complexity index is 291. The van der Waals surface area contributed by atoms with Crippen LogP contribution < -0.4 is 5.73 Å². The molecule has 2 fully saturated rings. The van der Waals surface area contributed by atoms with Crippen LogP contribution in [0.4, 0.5) is 0 Å². The van der Waals surface area contributed by atoms with Crippen LogP contribution in [0.2, 0.25) is 0 Å². The van der Waals surface area contributed by atoms with Gasteiger partial charge in [0.05, 0.1) is 25.9 Å². The Balaban J connectivity index is 1.70. The average Bonchev–Trinajstić information content (AvgIpc) is 2.47. The van der Waals surface area contributed by atoms with Gasteiger partial charge in [0.15, 0.2) is 5.96 Å². The molecule has 0 aliphatic carbocycles. The molecule has 110 valence electrons. The Kier molecular flexibility index (Phi) is 6.22. The van der Waals surface area contributed by atoms with Gasteiger partial charge in [0.25, 0.3) is 0 Å². The highest BCUT2D eigenvalue weighted by Crippen LogP contribution is 2.08. The molecular weight excluding hydrogens is 264 g/mol. The second kappa shape index (κ2) is 7.94. The zero-order chi connectivity index (χ0) is 13.5. The minimum Gasteiger partial charge on any atom is -0.390 e. The number of ether oxygens (including phenoxy) is 1. The summed E-state index contributed by atoms with van der Waals surface area (Å²) in [6, 6.07) is 0. The van der Waals surface area contributed by atoms with E-state index in [9.17, 15) is 5.11 Å². The van der Waals surface area contributed by atoms with Gasteiger partial charge in [-0.3, -0.25) is 9.89 Å². The lowest BCUT2D eigenvalue weighted by Gasteiger charge is -2.29. The van der Waals surface area contributed by atoms with Gasteiger partial charge in [-0.2, -0.15) is 11.8 Å². The number of nitrogens with zero attached hydrogens (tertiary/aromatic N) is 3. The fourth-order valence-electron chi connectivity index (χ4n) is 2.23. The van der Waals surface area contributed by atoms with Crippen LogP contribution in [-0.4, -0.2) is 91.0 Å². The standard InChI is InChI=1S/C12H24N4O2S/c13-12(16-3-7-19-8-4-16)14-9-11(17)10-15-1-5-18-6-2-15/h11,17H,1-10H2,(H2,13,14). The van der Waals surface area contributed by atoms with Crippen LogP contribution in [0.3, 0.4) is 0 Å². The number of hydrogen-bond acceptors (Lipinski definition) is 5. The van der Waals surface area contributed by atoms with Gasteiger partial charge in [0, 0.05) is 44.2 Å². The van der Waals surface area contributed by atoms with Crippen molar-refractivity contribution in [2.24, 2.45) is 10.7 Å². The topological polar surface area (TPSA) is 74.3 Å². The van der Waals surface area contributed by atoms with Crippen molar-refractivity contribution in [1.82, 2.24) is 9.80 Å². The van der Waals surface area contributed by atoms with Crippen molar-refractivity contribution in [2.45, 2.75) is 6.10 Å². The summed E-state index contributed by atoms with van der Waals surface area (Å²) in [6.07, 6.45) is -0.448. The van der Waals surface area contributed by atoms with Crippen LogP contribution in [0.25, 0.3) is 0 Å². The molecule has 1 atom stereocenters. The summed E-state index contributed by atoms with van der Waals surface area (Å²) in [5.41, 5.74) is 5.95. The molecule has 1 unspecified atom stereocenters. The zero-order valence-corrected chi connectivity index (χ0v) is 12.1. The number of nitrogens with two attached hydrogens (primary N) is 1. The number of morpholine rings is 1. The minimum absolute atomic E-state index is 0.382. The van der Waals surface area contributed by atoms with E-state index in [0.717, 1.165) is 50.9 Å². The second-order valence-electron chi connectivity index (χ2n) is 4.87. The van der Waals surface area contributed by atoms with Gasteiger partial charge in [-0.1, -0.05) is 0 Å². The fourth-order valence-corrected chi connectivity index (χ4v) is 3.13. The molecule has 0 aromatic carbocycles. The summed E-state index contributed by atoms with van der Waals surface area (Å²) in [5, 5.41) is 9.98. The molecular formula is C12H24N4O2S. The van der Waals surface area contributed by atoms with Gasteiger partial charge >= 0.3 is 0 Å². The fraction of sp³-hybridized carbons (Fsp3) is 0.917. The Labute approximate surface area is 119 Å². The van der Waals surface area contributed by atoms with Crippen molar-refractivity contribution in [3.05, 3.63) is 0 Å². The second-order valence-corrected chi connectivity index (χ2v) is 6.09. The van der Waals surface area contributed by atoms with E-state index in [0.29, 0.717) is 19.0 Å². The molecule has 2 saturated heterocycles. The summed E-state index contributed by atoms with van der Waals surface area (Å²) in [7, 11) is 0. The first-order valence-corrected chi connectivity index (χ1v) is 8.02. The number of thioether (sulfide) groups is 1. The van der Waals surface area contributed by atoms with E-state index in [1.807, 2.05) is 11.8 Å². The molecule has 7 heteroatoms. The van der Waals surface area contributed by atoms with Crippen LogP contribution in [0.1, 0.15) is 0 Å². The number of hydrogen-bond donors (Lipinski definition) is 2. The Morgan fingerprint density at radius 1 is 1.26 bits per heavy atom. The first kappa shape index (κ1) is 14.9. The molecule has 2 heterocycles. The van der Waals surface area contributed by atoms with Crippen molar-refractivity contribution in [1.29, 1.82) is 0 Å². The van der Waals surface area contributed by atoms with Gasteiger partial charge in [0.1, 0.15) is 0 Å². The molecule has 6 nitrogen and oxygen atoms in total. The first-order valence-electron chi connectivity index (χ1n) is 6.86. The van der Waals surface area contributed by atoms with E-state index in [2.05, 4.69) is 14.8 Å². The molecule has 0 spiro atoms. The number of aliphatic hydroxyl groups excluding tert-OH is 1. The number of β-amino-alcohol motifs (C(OH)–C–C–N with tert-alkyl or cyclic N) is 1. The minimum atomic E-state index is -0.448. The average molecular weight is 288 g/mol. The molecule has 0 aromatic rings. The van der Waals surface area contributed by atoms with Crippen molar-refractivity contribution in [3.63, 3.8) is 0 Å². The molecule has 3 N–H and O–H groups in total. The number of rotatable bonds is 4. The Morgan fingerprint density at radius 2 is 1.95 bits per heavy atom. The highest BCUT2D eigenvalue weighted by Gasteiger charge is 2.16. The third-order valence-electron chi connectivity index (χ3n) is 3.37. The molecule has 0 amide bonds. The summed E-state index contributed by atoms with van der Waals surface area (Å²) in [4.78, 5) is 8.62. The maximum absolute atomic E-state index is 9.98. The molecule has 2 aliphatic rings. The quantitative estimate of drug-likeness (QED) is 0.513. The summed E-state index contributed by atoms with van der Waals surface area (Å²) in [5.74, 6) is 2.78. The highest BCUT2D eigenvalue weighted by atomic mass is 32.2. The number of aliphatic hydroxyl groups is 1. The Morgan fingerprint density at radius 3 is 2.63 bits per heavy atom. The number of guanidine groups is 1. The van der Waals surface area contributed by atoms with Gasteiger partial charge in [0.2, 0.25) is 0 Å². The van der Waals surface area contributed by atoms with Crippen molar-refractivity contribution in [3.8, 4) is 0 Å². The summed E-state index contributed by atoms with van der Waals surface area (Å²) >= 11 is 1.94. The number of aliphatic imine (C=N–C) groups is 1. The van der Waals surface area contributed by atoms with Gasteiger partial charge in [-0.05, 0) is 0 Å². The summed E-state index contributed by atoms with van der Waals surface area (Å²) in [6.45, 7) is 6.23. The van der Waals surface area contributed by atoms with Crippen molar-refractivity contribution < 1.29 is 9.84 Å². The van der Waals surface area contributed by atoms with E-state index < -0.39 is 6.10 Å². The van der Waals surface area contributed by atoms with Gasteiger partial charge in [-0.25, -0.2) is 0 Å². The normalized spacial score (nSPS) is 24.5. The van der Waals surface area contributed by atoms with E-state index in [1.54, 1.807) is 0 Å². The van der Waals surface area contributed by atoms with Crippen LogP contribution in [0.15, 0.2) is 4.99 Å². The van der Waals surface area contributed by atoms with Gasteiger partial charge < -0.3 is 20.5 Å². The van der Waals surface area contributed by atoms with Gasteiger partial charge in [-0.15, -0.1) is 0 Å². The maximum Gasteiger partial charge on any atom is 0.191 e. The van der Waals surface area contributed by atoms with Crippen LogP contribution in [-0.2, 0) is 4.74 Å². The molecule has 0 saturated carbocycles. The van der Waals surface area contributed by atoms with Crippen LogP contribution in [0.5, 0.6) is 0 Å². The van der Waals surface area contributed by atoms with Crippen molar-refractivity contribution in [2.75, 3.05) is 64.0 Å². The lowest BCUT2D eigenvalue weighted by Crippen LogP contribution is -2.44. The molecule has 0 bridgehead atoms. The molecule has 2 rings (SSSR count).